The summed E-state index contributed by atoms with van der Waals surface area (Å²) < 4.78 is 16.6. The first-order valence-corrected chi connectivity index (χ1v) is 7.36. The smallest absolute Gasteiger partial charge is 0.137 e. The molecule has 7 heteroatoms. The van der Waals surface area contributed by atoms with Gasteiger partial charge < -0.3 is 0 Å². The summed E-state index contributed by atoms with van der Waals surface area (Å²) in [6, 6.07) is 11.8. The van der Waals surface area contributed by atoms with Gasteiger partial charge >= 0.3 is 0 Å². The molecule has 24 heavy (non-hydrogen) atoms. The maximum atomic E-state index is 13.2. The molecule has 0 bridgehead atoms. The Balaban J connectivity index is 1.79. The molecule has 3 heterocycles. The van der Waals surface area contributed by atoms with Crippen LogP contribution in [0.15, 0.2) is 61.2 Å². The summed E-state index contributed by atoms with van der Waals surface area (Å²) in [5, 5.41) is 8.28. The Hall–Kier alpha value is -3.35. The molecule has 0 atom stereocenters. The van der Waals surface area contributed by atoms with Crippen molar-refractivity contribution in [3.63, 3.8) is 0 Å². The standard InChI is InChI=1S/C17H13FN6/c1-12-17(24(22-21-12)14-7-5-13(18)6-8-14)15-10-23(11-20-15)16-4-2-3-9-19-16/h2-11H,1H3. The number of pyridine rings is 1. The van der Waals surface area contributed by atoms with E-state index in [4.69, 9.17) is 0 Å². The molecule has 4 rings (SSSR count). The van der Waals surface area contributed by atoms with E-state index in [9.17, 15) is 4.39 Å². The van der Waals surface area contributed by atoms with Gasteiger partial charge in [-0.15, -0.1) is 5.10 Å². The van der Waals surface area contributed by atoms with E-state index in [1.54, 1.807) is 29.3 Å². The van der Waals surface area contributed by atoms with Crippen LogP contribution in [-0.4, -0.2) is 29.5 Å². The van der Waals surface area contributed by atoms with Crippen LogP contribution in [-0.2, 0) is 0 Å². The molecule has 0 aliphatic rings. The normalized spacial score (nSPS) is 10.9. The lowest BCUT2D eigenvalue weighted by molar-refractivity contribution is 0.627. The number of nitrogens with zero attached hydrogens (tertiary/aromatic N) is 6. The van der Waals surface area contributed by atoms with E-state index in [0.29, 0.717) is 5.69 Å². The highest BCUT2D eigenvalue weighted by molar-refractivity contribution is 5.59. The second-order valence-electron chi connectivity index (χ2n) is 5.27. The second-order valence-corrected chi connectivity index (χ2v) is 5.27. The third-order valence-corrected chi connectivity index (χ3v) is 3.65. The Morgan fingerprint density at radius 1 is 1.00 bits per heavy atom. The Morgan fingerprint density at radius 3 is 2.58 bits per heavy atom. The molecule has 0 spiro atoms. The molecule has 0 unspecified atom stereocenters. The van der Waals surface area contributed by atoms with Gasteiger partial charge in [-0.3, -0.25) is 4.57 Å². The molecule has 0 N–H and O–H groups in total. The molecule has 0 aliphatic carbocycles. The van der Waals surface area contributed by atoms with Crippen LogP contribution in [0.2, 0.25) is 0 Å². The lowest BCUT2D eigenvalue weighted by atomic mass is 10.2. The van der Waals surface area contributed by atoms with Gasteiger partial charge in [0.15, 0.2) is 0 Å². The number of benzene rings is 1. The van der Waals surface area contributed by atoms with Crippen LogP contribution in [0.4, 0.5) is 4.39 Å². The van der Waals surface area contributed by atoms with Crippen molar-refractivity contribution in [3.8, 4) is 22.9 Å². The zero-order chi connectivity index (χ0) is 16.5. The maximum absolute atomic E-state index is 13.2. The molecule has 4 aromatic rings. The molecule has 0 radical (unpaired) electrons. The van der Waals surface area contributed by atoms with Crippen molar-refractivity contribution in [2.75, 3.05) is 0 Å². The first kappa shape index (κ1) is 14.3. The molecule has 0 amide bonds. The number of aryl methyl sites for hydroxylation is 1. The van der Waals surface area contributed by atoms with Gasteiger partial charge in [0.1, 0.15) is 29.4 Å². The first-order valence-electron chi connectivity index (χ1n) is 7.36. The minimum Gasteiger partial charge on any atom is -0.290 e. The third kappa shape index (κ3) is 2.45. The highest BCUT2D eigenvalue weighted by Crippen LogP contribution is 2.24. The van der Waals surface area contributed by atoms with E-state index in [2.05, 4.69) is 20.3 Å². The summed E-state index contributed by atoms with van der Waals surface area (Å²) in [4.78, 5) is 8.75. The van der Waals surface area contributed by atoms with Crippen LogP contribution in [0.3, 0.4) is 0 Å². The summed E-state index contributed by atoms with van der Waals surface area (Å²) in [7, 11) is 0. The van der Waals surface area contributed by atoms with Gasteiger partial charge in [0, 0.05) is 12.4 Å². The quantitative estimate of drug-likeness (QED) is 0.582. The van der Waals surface area contributed by atoms with Crippen LogP contribution in [0.25, 0.3) is 22.9 Å². The Labute approximate surface area is 137 Å². The second kappa shape index (κ2) is 5.69. The van der Waals surface area contributed by atoms with Gasteiger partial charge in [0.2, 0.25) is 0 Å². The van der Waals surface area contributed by atoms with Gasteiger partial charge in [-0.05, 0) is 43.3 Å². The number of rotatable bonds is 3. The molecule has 1 aromatic carbocycles. The lowest BCUT2D eigenvalue weighted by Crippen LogP contribution is -2.00. The van der Waals surface area contributed by atoms with E-state index in [0.717, 1.165) is 22.9 Å². The van der Waals surface area contributed by atoms with E-state index in [1.807, 2.05) is 35.9 Å². The number of aromatic nitrogens is 6. The highest BCUT2D eigenvalue weighted by atomic mass is 19.1. The SMILES string of the molecule is Cc1nnn(-c2ccc(F)cc2)c1-c1cn(-c2ccccn2)cn1. The highest BCUT2D eigenvalue weighted by Gasteiger charge is 2.16. The summed E-state index contributed by atoms with van der Waals surface area (Å²) in [6.07, 6.45) is 5.29. The summed E-state index contributed by atoms with van der Waals surface area (Å²) in [5.74, 6) is 0.478. The molecule has 0 fully saturated rings. The van der Waals surface area contributed by atoms with Crippen molar-refractivity contribution >= 4 is 0 Å². The molecule has 3 aromatic heterocycles. The van der Waals surface area contributed by atoms with Crippen LogP contribution in [0.1, 0.15) is 5.69 Å². The van der Waals surface area contributed by atoms with Gasteiger partial charge in [-0.2, -0.15) is 0 Å². The zero-order valence-corrected chi connectivity index (χ0v) is 12.8. The average Bonchev–Trinajstić information content (AvgIpc) is 3.23. The van der Waals surface area contributed by atoms with Crippen LogP contribution in [0, 0.1) is 12.7 Å². The minimum atomic E-state index is -0.295. The number of imidazole rings is 1. The van der Waals surface area contributed by atoms with Crippen molar-refractivity contribution in [1.29, 1.82) is 0 Å². The van der Waals surface area contributed by atoms with E-state index in [1.165, 1.54) is 12.1 Å². The van der Waals surface area contributed by atoms with Crippen molar-refractivity contribution in [2.24, 2.45) is 0 Å². The van der Waals surface area contributed by atoms with Crippen molar-refractivity contribution in [1.82, 2.24) is 29.5 Å². The average molecular weight is 320 g/mol. The van der Waals surface area contributed by atoms with Crippen molar-refractivity contribution < 1.29 is 4.39 Å². The Morgan fingerprint density at radius 2 is 1.83 bits per heavy atom. The first-order chi connectivity index (χ1) is 11.7. The van der Waals surface area contributed by atoms with Gasteiger partial charge in [-0.25, -0.2) is 19.0 Å². The number of hydrogen-bond donors (Lipinski definition) is 0. The maximum Gasteiger partial charge on any atom is 0.137 e. The predicted octanol–water partition coefficient (Wildman–Crippen LogP) is 2.96. The zero-order valence-electron chi connectivity index (χ0n) is 12.8. The van der Waals surface area contributed by atoms with Crippen molar-refractivity contribution in [2.45, 2.75) is 6.92 Å². The minimum absolute atomic E-state index is 0.295. The van der Waals surface area contributed by atoms with Gasteiger partial charge in [0.05, 0.1) is 11.4 Å². The largest absolute Gasteiger partial charge is 0.290 e. The molecule has 118 valence electrons. The van der Waals surface area contributed by atoms with Crippen molar-refractivity contribution in [3.05, 3.63) is 72.7 Å². The lowest BCUT2D eigenvalue weighted by Gasteiger charge is -2.05. The fourth-order valence-electron chi connectivity index (χ4n) is 2.49. The van der Waals surface area contributed by atoms with Gasteiger partial charge in [0.25, 0.3) is 0 Å². The molecule has 0 aliphatic heterocycles. The molecule has 0 saturated heterocycles. The molecular weight excluding hydrogens is 307 g/mol. The Bertz CT molecular complexity index is 972. The monoisotopic (exact) mass is 320 g/mol. The molecule has 6 nitrogen and oxygen atoms in total. The van der Waals surface area contributed by atoms with Crippen LogP contribution < -0.4 is 0 Å². The van der Waals surface area contributed by atoms with E-state index < -0.39 is 0 Å². The summed E-state index contributed by atoms with van der Waals surface area (Å²) in [6.45, 7) is 1.86. The Kier molecular flexibility index (Phi) is 3.38. The third-order valence-electron chi connectivity index (χ3n) is 3.65. The fourth-order valence-corrected chi connectivity index (χ4v) is 2.49. The van der Waals surface area contributed by atoms with E-state index >= 15 is 0 Å². The summed E-state index contributed by atoms with van der Waals surface area (Å²) >= 11 is 0. The predicted molar refractivity (Wildman–Crippen MR) is 86.4 cm³/mol. The van der Waals surface area contributed by atoms with Crippen LogP contribution >= 0.6 is 0 Å². The topological polar surface area (TPSA) is 61.4 Å². The van der Waals surface area contributed by atoms with Gasteiger partial charge in [-0.1, -0.05) is 11.3 Å². The van der Waals surface area contributed by atoms with E-state index in [-0.39, 0.29) is 5.82 Å². The summed E-state index contributed by atoms with van der Waals surface area (Å²) in [5.41, 5.74) is 2.94. The number of halogens is 1. The number of hydrogen-bond acceptors (Lipinski definition) is 4. The van der Waals surface area contributed by atoms with Crippen LogP contribution in [0.5, 0.6) is 0 Å². The molecular formula is C17H13FN6. The molecule has 0 saturated carbocycles. The fraction of sp³-hybridized carbons (Fsp3) is 0.0588.